The zero-order valence-corrected chi connectivity index (χ0v) is 13.0. The van der Waals surface area contributed by atoms with E-state index in [4.69, 9.17) is 14.9 Å². The molecular formula is C16H21NO6. The topological polar surface area (TPSA) is 113 Å². The number of unbranched alkanes of at least 4 members (excludes halogenated alkanes) is 3. The van der Waals surface area contributed by atoms with Crippen LogP contribution in [0.4, 0.5) is 0 Å². The van der Waals surface area contributed by atoms with Crippen LogP contribution in [-0.2, 0) is 4.79 Å². The normalized spacial score (nSPS) is 10.1. The van der Waals surface area contributed by atoms with Gasteiger partial charge in [-0.2, -0.15) is 0 Å². The van der Waals surface area contributed by atoms with E-state index in [1.54, 1.807) is 0 Å². The molecule has 0 aliphatic heterocycles. The Hall–Kier alpha value is -2.57. The number of nitrogens with one attached hydrogen (secondary N) is 1. The van der Waals surface area contributed by atoms with Gasteiger partial charge in [0, 0.05) is 6.54 Å². The van der Waals surface area contributed by atoms with Crippen LogP contribution in [0.2, 0.25) is 0 Å². The monoisotopic (exact) mass is 323 g/mol. The maximum atomic E-state index is 11.6. The Kier molecular flexibility index (Phi) is 7.59. The van der Waals surface area contributed by atoms with Crippen LogP contribution in [0.25, 0.3) is 0 Å². The van der Waals surface area contributed by atoms with E-state index in [9.17, 15) is 14.4 Å². The Morgan fingerprint density at radius 1 is 1.00 bits per heavy atom. The van der Waals surface area contributed by atoms with Gasteiger partial charge in [0.25, 0.3) is 5.91 Å². The molecule has 0 fully saturated rings. The predicted octanol–water partition coefficient (Wildman–Crippen LogP) is 2.16. The van der Waals surface area contributed by atoms with Crippen LogP contribution in [0.5, 0.6) is 5.75 Å². The second-order valence-electron chi connectivity index (χ2n) is 5.06. The molecular weight excluding hydrogens is 302 g/mol. The lowest BCUT2D eigenvalue weighted by molar-refractivity contribution is -0.123. The summed E-state index contributed by atoms with van der Waals surface area (Å²) in [5, 5.41) is 20.6. The van der Waals surface area contributed by atoms with Crippen LogP contribution in [-0.4, -0.2) is 41.2 Å². The molecule has 7 heteroatoms. The summed E-state index contributed by atoms with van der Waals surface area (Å²) in [5.74, 6) is -2.83. The van der Waals surface area contributed by atoms with Crippen molar-refractivity contribution in [3.05, 3.63) is 29.3 Å². The average Bonchev–Trinajstić information content (AvgIpc) is 2.52. The molecule has 1 aromatic carbocycles. The van der Waals surface area contributed by atoms with E-state index >= 15 is 0 Å². The molecule has 1 rings (SSSR count). The Morgan fingerprint density at radius 3 is 2.13 bits per heavy atom. The third-order valence-electron chi connectivity index (χ3n) is 3.12. The van der Waals surface area contributed by atoms with Crippen LogP contribution < -0.4 is 10.1 Å². The van der Waals surface area contributed by atoms with E-state index in [1.165, 1.54) is 12.1 Å². The molecule has 0 saturated carbocycles. The fourth-order valence-corrected chi connectivity index (χ4v) is 1.91. The first-order chi connectivity index (χ1) is 10.9. The molecule has 0 bridgehead atoms. The van der Waals surface area contributed by atoms with Gasteiger partial charge >= 0.3 is 11.9 Å². The minimum absolute atomic E-state index is 0.0310. The van der Waals surface area contributed by atoms with Gasteiger partial charge in [-0.15, -0.1) is 0 Å². The van der Waals surface area contributed by atoms with Gasteiger partial charge in [-0.25, -0.2) is 9.59 Å². The van der Waals surface area contributed by atoms with Crippen molar-refractivity contribution in [3.63, 3.8) is 0 Å². The highest BCUT2D eigenvalue weighted by molar-refractivity contribution is 5.94. The second kappa shape index (κ2) is 9.45. The van der Waals surface area contributed by atoms with Crippen molar-refractivity contribution in [2.24, 2.45) is 0 Å². The Morgan fingerprint density at radius 2 is 1.61 bits per heavy atom. The third kappa shape index (κ3) is 6.82. The number of carbonyl (C=O) groups is 3. The van der Waals surface area contributed by atoms with Gasteiger partial charge in [0.1, 0.15) is 5.75 Å². The first-order valence-electron chi connectivity index (χ1n) is 7.45. The van der Waals surface area contributed by atoms with Crippen LogP contribution in [0.1, 0.15) is 53.3 Å². The number of carboxylic acids is 2. The van der Waals surface area contributed by atoms with Crippen molar-refractivity contribution in [3.8, 4) is 5.75 Å². The molecule has 1 amide bonds. The summed E-state index contributed by atoms with van der Waals surface area (Å²) in [6.07, 6.45) is 4.16. The first-order valence-corrected chi connectivity index (χ1v) is 7.45. The summed E-state index contributed by atoms with van der Waals surface area (Å²) in [4.78, 5) is 33.5. The van der Waals surface area contributed by atoms with E-state index in [0.29, 0.717) is 6.54 Å². The second-order valence-corrected chi connectivity index (χ2v) is 5.06. The van der Waals surface area contributed by atoms with Crippen LogP contribution >= 0.6 is 0 Å². The number of carboxylic acid groups (broad SMARTS) is 2. The van der Waals surface area contributed by atoms with Crippen LogP contribution in [0, 0.1) is 0 Å². The number of benzene rings is 1. The lowest BCUT2D eigenvalue weighted by Gasteiger charge is -2.09. The highest BCUT2D eigenvalue weighted by Crippen LogP contribution is 2.17. The predicted molar refractivity (Wildman–Crippen MR) is 83.0 cm³/mol. The zero-order chi connectivity index (χ0) is 17.2. The molecule has 126 valence electrons. The third-order valence-corrected chi connectivity index (χ3v) is 3.12. The molecule has 0 aromatic heterocycles. The minimum Gasteiger partial charge on any atom is -0.484 e. The average molecular weight is 323 g/mol. The molecule has 0 atom stereocenters. The number of amides is 1. The molecule has 0 unspecified atom stereocenters. The van der Waals surface area contributed by atoms with Crippen molar-refractivity contribution >= 4 is 17.8 Å². The molecule has 23 heavy (non-hydrogen) atoms. The molecule has 1 aromatic rings. The molecule has 0 heterocycles. The summed E-state index contributed by atoms with van der Waals surface area (Å²) < 4.78 is 5.19. The fraction of sp³-hybridized carbons (Fsp3) is 0.438. The van der Waals surface area contributed by atoms with Gasteiger partial charge < -0.3 is 20.3 Å². The Balaban J connectivity index is 2.54. The largest absolute Gasteiger partial charge is 0.484 e. The van der Waals surface area contributed by atoms with Crippen molar-refractivity contribution < 1.29 is 29.3 Å². The summed E-state index contributed by atoms with van der Waals surface area (Å²) in [7, 11) is 0. The van der Waals surface area contributed by atoms with E-state index in [2.05, 4.69) is 12.2 Å². The molecule has 0 aliphatic carbocycles. The quantitative estimate of drug-likeness (QED) is 0.569. The maximum Gasteiger partial charge on any atom is 0.335 e. The van der Waals surface area contributed by atoms with Gasteiger partial charge in [-0.1, -0.05) is 26.2 Å². The zero-order valence-electron chi connectivity index (χ0n) is 13.0. The molecule has 7 nitrogen and oxygen atoms in total. The van der Waals surface area contributed by atoms with Gasteiger partial charge in [0.2, 0.25) is 0 Å². The number of rotatable bonds is 10. The minimum atomic E-state index is -1.27. The molecule has 3 N–H and O–H groups in total. The fourth-order valence-electron chi connectivity index (χ4n) is 1.91. The Bertz CT molecular complexity index is 537. The van der Waals surface area contributed by atoms with Crippen molar-refractivity contribution in [2.45, 2.75) is 32.6 Å². The van der Waals surface area contributed by atoms with Crippen molar-refractivity contribution in [1.82, 2.24) is 5.32 Å². The standard InChI is InChI=1S/C16H21NO6/c1-2-3-4-5-6-17-14(18)10-23-13-8-11(15(19)20)7-12(9-13)16(21)22/h7-9H,2-6,10H2,1H3,(H,17,18)(H,19,20)(H,21,22). The van der Waals surface area contributed by atoms with E-state index in [-0.39, 0.29) is 29.4 Å². The van der Waals surface area contributed by atoms with E-state index in [1.807, 2.05) is 0 Å². The van der Waals surface area contributed by atoms with E-state index < -0.39 is 11.9 Å². The number of hydrogen-bond acceptors (Lipinski definition) is 4. The molecule has 0 saturated heterocycles. The highest BCUT2D eigenvalue weighted by atomic mass is 16.5. The van der Waals surface area contributed by atoms with Gasteiger partial charge in [0.15, 0.2) is 6.61 Å². The van der Waals surface area contributed by atoms with Gasteiger partial charge in [0.05, 0.1) is 11.1 Å². The number of hydrogen-bond donors (Lipinski definition) is 3. The van der Waals surface area contributed by atoms with Gasteiger partial charge in [-0.3, -0.25) is 4.79 Å². The highest BCUT2D eigenvalue weighted by Gasteiger charge is 2.13. The smallest absolute Gasteiger partial charge is 0.335 e. The molecule has 0 spiro atoms. The Labute approximate surface area is 134 Å². The lowest BCUT2D eigenvalue weighted by Crippen LogP contribution is -2.29. The van der Waals surface area contributed by atoms with Gasteiger partial charge in [-0.05, 0) is 24.6 Å². The summed E-state index contributed by atoms with van der Waals surface area (Å²) in [6, 6.07) is 3.40. The molecule has 0 radical (unpaired) electrons. The van der Waals surface area contributed by atoms with Crippen molar-refractivity contribution in [2.75, 3.05) is 13.2 Å². The van der Waals surface area contributed by atoms with Crippen LogP contribution in [0.15, 0.2) is 18.2 Å². The lowest BCUT2D eigenvalue weighted by atomic mass is 10.1. The summed E-state index contributed by atoms with van der Waals surface area (Å²) >= 11 is 0. The summed E-state index contributed by atoms with van der Waals surface area (Å²) in [5.41, 5.74) is -0.417. The van der Waals surface area contributed by atoms with Crippen molar-refractivity contribution in [1.29, 1.82) is 0 Å². The summed E-state index contributed by atoms with van der Waals surface area (Å²) in [6.45, 7) is 2.36. The SMILES string of the molecule is CCCCCCNC(=O)COc1cc(C(=O)O)cc(C(=O)O)c1. The number of ether oxygens (including phenoxy) is 1. The van der Waals surface area contributed by atoms with E-state index in [0.717, 1.165) is 31.7 Å². The molecule has 0 aliphatic rings. The van der Waals surface area contributed by atoms with Crippen LogP contribution in [0.3, 0.4) is 0 Å². The number of aromatic carboxylic acids is 2. The number of carbonyl (C=O) groups excluding carboxylic acids is 1. The maximum absolute atomic E-state index is 11.6. The first kappa shape index (κ1) is 18.5.